The molecule has 19 heavy (non-hydrogen) atoms. The van der Waals surface area contributed by atoms with Gasteiger partial charge in [0, 0.05) is 11.4 Å². The van der Waals surface area contributed by atoms with E-state index in [4.69, 9.17) is 0 Å². The van der Waals surface area contributed by atoms with Gasteiger partial charge in [0.15, 0.2) is 0 Å². The number of rotatable bonds is 5. The van der Waals surface area contributed by atoms with Crippen LogP contribution in [0.5, 0.6) is 0 Å². The predicted octanol–water partition coefficient (Wildman–Crippen LogP) is 2.56. The normalized spacial score (nSPS) is 17.8. The molecule has 1 aromatic rings. The van der Waals surface area contributed by atoms with E-state index in [1.807, 2.05) is 30.5 Å². The summed E-state index contributed by atoms with van der Waals surface area (Å²) in [7, 11) is 0. The molecule has 1 unspecified atom stereocenters. The molecule has 0 radical (unpaired) electrons. The van der Waals surface area contributed by atoms with Crippen LogP contribution in [-0.4, -0.2) is 31.8 Å². The summed E-state index contributed by atoms with van der Waals surface area (Å²) < 4.78 is 0. The monoisotopic (exact) mass is 300 g/mol. The van der Waals surface area contributed by atoms with Crippen molar-refractivity contribution in [1.82, 2.24) is 10.6 Å². The van der Waals surface area contributed by atoms with Crippen molar-refractivity contribution in [3.05, 3.63) is 29.8 Å². The summed E-state index contributed by atoms with van der Waals surface area (Å²) in [5.41, 5.74) is 0.787. The second-order valence-corrected chi connectivity index (χ2v) is 5.45. The van der Waals surface area contributed by atoms with Crippen LogP contribution in [-0.2, 0) is 0 Å². The molecule has 5 heteroatoms. The standard InChI is InChI=1S/C14H20N2OS.ClH/c1-18-13-5-3-2-4-12(13)14(17)16-9-7-11-6-8-15-10-11;/h2-5,11,15H,6-10H2,1H3,(H,16,17);1H. The smallest absolute Gasteiger partial charge is 0.252 e. The summed E-state index contributed by atoms with van der Waals surface area (Å²) in [5.74, 6) is 0.770. The van der Waals surface area contributed by atoms with Gasteiger partial charge in [-0.3, -0.25) is 4.79 Å². The van der Waals surface area contributed by atoms with Crippen molar-refractivity contribution >= 4 is 30.1 Å². The highest BCUT2D eigenvalue weighted by molar-refractivity contribution is 7.98. The lowest BCUT2D eigenvalue weighted by Crippen LogP contribution is -2.26. The van der Waals surface area contributed by atoms with Crippen LogP contribution in [0.15, 0.2) is 29.2 Å². The number of carbonyl (C=O) groups excluding carboxylic acids is 1. The largest absolute Gasteiger partial charge is 0.352 e. The Labute approximate surface area is 125 Å². The zero-order chi connectivity index (χ0) is 12.8. The highest BCUT2D eigenvalue weighted by Crippen LogP contribution is 2.19. The van der Waals surface area contributed by atoms with Crippen LogP contribution in [0.2, 0.25) is 0 Å². The fourth-order valence-electron chi connectivity index (χ4n) is 2.28. The van der Waals surface area contributed by atoms with Crippen LogP contribution in [0.25, 0.3) is 0 Å². The summed E-state index contributed by atoms with van der Waals surface area (Å²) in [6, 6.07) is 7.75. The highest BCUT2D eigenvalue weighted by Gasteiger charge is 2.15. The fraction of sp³-hybridized carbons (Fsp3) is 0.500. The third kappa shape index (κ3) is 4.71. The van der Waals surface area contributed by atoms with Gasteiger partial charge in [-0.2, -0.15) is 0 Å². The summed E-state index contributed by atoms with van der Waals surface area (Å²) in [5, 5.41) is 6.36. The molecule has 0 spiro atoms. The minimum atomic E-state index is 0. The van der Waals surface area contributed by atoms with Crippen LogP contribution < -0.4 is 10.6 Å². The van der Waals surface area contributed by atoms with Crippen molar-refractivity contribution in [2.24, 2.45) is 5.92 Å². The predicted molar refractivity (Wildman–Crippen MR) is 83.4 cm³/mol. The van der Waals surface area contributed by atoms with Crippen LogP contribution >= 0.6 is 24.2 Å². The Bertz CT molecular complexity index is 408. The number of carbonyl (C=O) groups is 1. The first-order valence-electron chi connectivity index (χ1n) is 6.43. The Kier molecular flexibility index (Phi) is 7.28. The SMILES string of the molecule is CSc1ccccc1C(=O)NCCC1CCNC1.Cl. The lowest BCUT2D eigenvalue weighted by Gasteiger charge is -2.11. The van der Waals surface area contributed by atoms with E-state index in [0.717, 1.165) is 42.4 Å². The van der Waals surface area contributed by atoms with Gasteiger partial charge in [-0.1, -0.05) is 12.1 Å². The maximum absolute atomic E-state index is 12.1. The van der Waals surface area contributed by atoms with E-state index in [2.05, 4.69) is 10.6 Å². The van der Waals surface area contributed by atoms with Gasteiger partial charge in [0.2, 0.25) is 0 Å². The third-order valence-electron chi connectivity index (χ3n) is 3.35. The summed E-state index contributed by atoms with van der Waals surface area (Å²) in [6.07, 6.45) is 4.30. The quantitative estimate of drug-likeness (QED) is 0.821. The first kappa shape index (κ1) is 16.3. The molecule has 0 bridgehead atoms. The van der Waals surface area contributed by atoms with Crippen LogP contribution in [0.4, 0.5) is 0 Å². The molecule has 0 saturated carbocycles. The molecule has 1 heterocycles. The molecule has 1 amide bonds. The molecule has 1 fully saturated rings. The molecule has 1 aliphatic heterocycles. The maximum atomic E-state index is 12.1. The number of hydrogen-bond acceptors (Lipinski definition) is 3. The van der Waals surface area contributed by atoms with Crippen molar-refractivity contribution in [2.75, 3.05) is 25.9 Å². The Morgan fingerprint density at radius 3 is 2.95 bits per heavy atom. The van der Waals surface area contributed by atoms with E-state index < -0.39 is 0 Å². The Morgan fingerprint density at radius 1 is 1.47 bits per heavy atom. The number of amides is 1. The zero-order valence-corrected chi connectivity index (χ0v) is 12.8. The lowest BCUT2D eigenvalue weighted by atomic mass is 10.1. The van der Waals surface area contributed by atoms with Crippen molar-refractivity contribution in [2.45, 2.75) is 17.7 Å². The van der Waals surface area contributed by atoms with Gasteiger partial charge >= 0.3 is 0 Å². The number of benzene rings is 1. The van der Waals surface area contributed by atoms with Gasteiger partial charge in [0.25, 0.3) is 5.91 Å². The van der Waals surface area contributed by atoms with Gasteiger partial charge in [0.05, 0.1) is 5.56 Å². The van der Waals surface area contributed by atoms with Gasteiger partial charge in [-0.05, 0) is 50.2 Å². The molecule has 106 valence electrons. The maximum Gasteiger partial charge on any atom is 0.252 e. The first-order valence-corrected chi connectivity index (χ1v) is 7.65. The molecule has 0 aliphatic carbocycles. The topological polar surface area (TPSA) is 41.1 Å². The van der Waals surface area contributed by atoms with Gasteiger partial charge < -0.3 is 10.6 Å². The molecular weight excluding hydrogens is 280 g/mol. The van der Waals surface area contributed by atoms with Crippen LogP contribution in [0.3, 0.4) is 0 Å². The Hall–Kier alpha value is -0.710. The average molecular weight is 301 g/mol. The number of nitrogens with one attached hydrogen (secondary N) is 2. The van der Waals surface area contributed by atoms with Gasteiger partial charge in [-0.15, -0.1) is 24.2 Å². The summed E-state index contributed by atoms with van der Waals surface area (Å²) >= 11 is 1.61. The number of thioether (sulfide) groups is 1. The summed E-state index contributed by atoms with van der Waals surface area (Å²) in [4.78, 5) is 13.1. The van der Waals surface area contributed by atoms with Gasteiger partial charge in [-0.25, -0.2) is 0 Å². The molecule has 3 nitrogen and oxygen atoms in total. The molecule has 1 atom stereocenters. The van der Waals surface area contributed by atoms with E-state index in [9.17, 15) is 4.79 Å². The number of hydrogen-bond donors (Lipinski definition) is 2. The van der Waals surface area contributed by atoms with Crippen molar-refractivity contribution in [3.8, 4) is 0 Å². The Morgan fingerprint density at radius 2 is 2.26 bits per heavy atom. The molecule has 2 rings (SSSR count). The van der Waals surface area contributed by atoms with Crippen LogP contribution in [0.1, 0.15) is 23.2 Å². The fourth-order valence-corrected chi connectivity index (χ4v) is 2.87. The van der Waals surface area contributed by atoms with Crippen molar-refractivity contribution in [1.29, 1.82) is 0 Å². The molecular formula is C14H21ClN2OS. The molecule has 1 aliphatic rings. The van der Waals surface area contributed by atoms with E-state index in [1.165, 1.54) is 6.42 Å². The van der Waals surface area contributed by atoms with Crippen LogP contribution in [0, 0.1) is 5.92 Å². The van der Waals surface area contributed by atoms with E-state index in [0.29, 0.717) is 0 Å². The van der Waals surface area contributed by atoms with Crippen molar-refractivity contribution < 1.29 is 4.79 Å². The van der Waals surface area contributed by atoms with Gasteiger partial charge in [0.1, 0.15) is 0 Å². The highest BCUT2D eigenvalue weighted by atomic mass is 35.5. The zero-order valence-electron chi connectivity index (χ0n) is 11.1. The minimum Gasteiger partial charge on any atom is -0.352 e. The minimum absolute atomic E-state index is 0. The second-order valence-electron chi connectivity index (χ2n) is 4.60. The second kappa shape index (κ2) is 8.46. The third-order valence-corrected chi connectivity index (χ3v) is 4.15. The van der Waals surface area contributed by atoms with E-state index in [1.54, 1.807) is 11.8 Å². The molecule has 2 N–H and O–H groups in total. The molecule has 1 saturated heterocycles. The molecule has 0 aromatic heterocycles. The number of halogens is 1. The average Bonchev–Trinajstić information content (AvgIpc) is 2.91. The first-order chi connectivity index (χ1) is 8.81. The Balaban J connectivity index is 0.00000180. The molecule has 1 aromatic carbocycles. The van der Waals surface area contributed by atoms with E-state index in [-0.39, 0.29) is 18.3 Å². The van der Waals surface area contributed by atoms with E-state index >= 15 is 0 Å². The summed E-state index contributed by atoms with van der Waals surface area (Å²) in [6.45, 7) is 2.99. The lowest BCUT2D eigenvalue weighted by molar-refractivity contribution is 0.0949. The van der Waals surface area contributed by atoms with Crippen molar-refractivity contribution in [3.63, 3.8) is 0 Å².